The van der Waals surface area contributed by atoms with E-state index in [0.29, 0.717) is 12.4 Å². The summed E-state index contributed by atoms with van der Waals surface area (Å²) in [4.78, 5) is 25.0. The molecule has 4 rings (SSSR count). The normalized spacial score (nSPS) is 20.1. The molecule has 3 aromatic rings. The third-order valence-electron chi connectivity index (χ3n) is 5.29. The first-order chi connectivity index (χ1) is 13.8. The summed E-state index contributed by atoms with van der Waals surface area (Å²) < 4.78 is 1.84. The Morgan fingerprint density at radius 2 is 1.83 bits per heavy atom. The summed E-state index contributed by atoms with van der Waals surface area (Å²) in [6.45, 7) is 5.98. The van der Waals surface area contributed by atoms with Crippen molar-refractivity contribution in [3.63, 3.8) is 0 Å². The minimum atomic E-state index is -0.957. The van der Waals surface area contributed by atoms with Crippen molar-refractivity contribution >= 4 is 5.91 Å². The van der Waals surface area contributed by atoms with Crippen molar-refractivity contribution in [1.29, 1.82) is 0 Å². The molecule has 1 aliphatic heterocycles. The molecule has 0 aromatic carbocycles. The van der Waals surface area contributed by atoms with Crippen molar-refractivity contribution in [2.24, 2.45) is 0 Å². The van der Waals surface area contributed by atoms with E-state index < -0.39 is 5.60 Å². The summed E-state index contributed by atoms with van der Waals surface area (Å²) in [7, 11) is 0. The van der Waals surface area contributed by atoms with Crippen LogP contribution in [0.3, 0.4) is 0 Å². The van der Waals surface area contributed by atoms with Crippen LogP contribution in [-0.2, 0) is 5.60 Å². The molecule has 0 unspecified atom stereocenters. The summed E-state index contributed by atoms with van der Waals surface area (Å²) in [5.74, 6) is 0.0951. The number of hydrogen-bond donors (Lipinski definition) is 1. The van der Waals surface area contributed by atoms with Gasteiger partial charge >= 0.3 is 0 Å². The molecule has 1 N–H and O–H groups in total. The van der Waals surface area contributed by atoms with Crippen LogP contribution in [0.15, 0.2) is 37.2 Å². The first-order valence-electron chi connectivity index (χ1n) is 9.60. The van der Waals surface area contributed by atoms with Crippen LogP contribution in [0.5, 0.6) is 0 Å². The molecule has 0 saturated carbocycles. The van der Waals surface area contributed by atoms with Crippen LogP contribution in [0.2, 0.25) is 0 Å². The molecule has 0 bridgehead atoms. The van der Waals surface area contributed by atoms with Gasteiger partial charge in [-0.25, -0.2) is 9.97 Å². The second-order valence-electron chi connectivity index (χ2n) is 7.85. The summed E-state index contributed by atoms with van der Waals surface area (Å²) in [5.41, 5.74) is 0.00453. The van der Waals surface area contributed by atoms with Gasteiger partial charge in [-0.1, -0.05) is 0 Å². The molecule has 152 valence electrons. The molecule has 3 aromatic heterocycles. The van der Waals surface area contributed by atoms with Crippen molar-refractivity contribution < 1.29 is 9.90 Å². The average molecular weight is 396 g/mol. The molecular formula is C19H24N8O2. The minimum absolute atomic E-state index is 0.0224. The van der Waals surface area contributed by atoms with Crippen molar-refractivity contribution in [1.82, 2.24) is 39.6 Å². The molecule has 0 spiro atoms. The Balaban J connectivity index is 1.60. The molecule has 1 aliphatic rings. The fourth-order valence-corrected chi connectivity index (χ4v) is 3.53. The van der Waals surface area contributed by atoms with Crippen LogP contribution in [0.1, 0.15) is 55.7 Å². The van der Waals surface area contributed by atoms with Gasteiger partial charge in [0.1, 0.15) is 0 Å². The molecule has 1 saturated heterocycles. The lowest BCUT2D eigenvalue weighted by Crippen LogP contribution is -2.46. The molecule has 10 nitrogen and oxygen atoms in total. The first kappa shape index (κ1) is 19.2. The van der Waals surface area contributed by atoms with E-state index in [-0.39, 0.29) is 23.7 Å². The van der Waals surface area contributed by atoms with Gasteiger partial charge in [-0.05, 0) is 33.6 Å². The molecule has 1 fully saturated rings. The number of likely N-dealkylation sites (tertiary alicyclic amines) is 1. The maximum absolute atomic E-state index is 13.4. The zero-order valence-corrected chi connectivity index (χ0v) is 16.7. The zero-order valence-electron chi connectivity index (χ0n) is 16.7. The van der Waals surface area contributed by atoms with Gasteiger partial charge in [0.15, 0.2) is 5.69 Å². The molecule has 10 heteroatoms. The predicted molar refractivity (Wildman–Crippen MR) is 103 cm³/mol. The minimum Gasteiger partial charge on any atom is -0.386 e. The number of rotatable bonds is 4. The molecule has 0 radical (unpaired) electrons. The summed E-state index contributed by atoms with van der Waals surface area (Å²) in [6, 6.07) is 0.0812. The van der Waals surface area contributed by atoms with Gasteiger partial charge in [0.2, 0.25) is 5.82 Å². The predicted octanol–water partition coefficient (Wildman–Crippen LogP) is 1.35. The molecule has 2 atom stereocenters. The third-order valence-corrected chi connectivity index (χ3v) is 5.29. The highest BCUT2D eigenvalue weighted by Gasteiger charge is 2.33. The van der Waals surface area contributed by atoms with Gasteiger partial charge in [-0.2, -0.15) is 15.3 Å². The van der Waals surface area contributed by atoms with Crippen LogP contribution in [0.4, 0.5) is 0 Å². The maximum Gasteiger partial charge on any atom is 0.276 e. The van der Waals surface area contributed by atoms with Gasteiger partial charge in [0.25, 0.3) is 5.91 Å². The van der Waals surface area contributed by atoms with Crippen LogP contribution in [0, 0.1) is 0 Å². The average Bonchev–Trinajstić information content (AvgIpc) is 3.40. The van der Waals surface area contributed by atoms with Crippen molar-refractivity contribution in [2.75, 3.05) is 6.54 Å². The van der Waals surface area contributed by atoms with Gasteiger partial charge in [-0.15, -0.1) is 4.80 Å². The fraction of sp³-hybridized carbons (Fsp3) is 0.474. The van der Waals surface area contributed by atoms with E-state index >= 15 is 0 Å². The Bertz CT molecular complexity index is 992. The van der Waals surface area contributed by atoms with Crippen molar-refractivity contribution in [3.05, 3.63) is 48.4 Å². The molecule has 0 aliphatic carbocycles. The van der Waals surface area contributed by atoms with Crippen LogP contribution < -0.4 is 0 Å². The van der Waals surface area contributed by atoms with E-state index in [1.807, 2.05) is 17.8 Å². The van der Waals surface area contributed by atoms with Crippen molar-refractivity contribution in [2.45, 2.75) is 51.3 Å². The smallest absolute Gasteiger partial charge is 0.276 e. The van der Waals surface area contributed by atoms with Crippen molar-refractivity contribution in [3.8, 4) is 5.82 Å². The highest BCUT2D eigenvalue weighted by atomic mass is 16.3. The van der Waals surface area contributed by atoms with Crippen LogP contribution in [0.25, 0.3) is 5.82 Å². The SMILES string of the molecule is C[C@@H]1CC[C@@H](n2cc(C(C)(C)O)cn2)CN1C(=O)c1nccnc1-n1nccn1. The standard InChI is InChI=1S/C19H24N8O2/c1-13-4-5-15(26-11-14(10-24-26)19(2,3)29)12-25(13)18(28)16-17(21-7-6-20-16)27-22-8-9-23-27/h6-11,13,15,29H,4-5,12H2,1-3H3/t13-,15-/m1/s1. The first-order valence-corrected chi connectivity index (χ1v) is 9.60. The van der Waals surface area contributed by atoms with E-state index in [9.17, 15) is 9.90 Å². The number of aromatic nitrogens is 7. The second-order valence-corrected chi connectivity index (χ2v) is 7.85. The molecule has 1 amide bonds. The fourth-order valence-electron chi connectivity index (χ4n) is 3.53. The second kappa shape index (κ2) is 7.36. The zero-order chi connectivity index (χ0) is 20.6. The number of amides is 1. The number of aliphatic hydroxyl groups is 1. The number of hydrogen-bond acceptors (Lipinski definition) is 7. The van der Waals surface area contributed by atoms with E-state index in [1.54, 1.807) is 24.9 Å². The van der Waals surface area contributed by atoms with Gasteiger partial charge in [0, 0.05) is 36.7 Å². The lowest BCUT2D eigenvalue weighted by atomic mass is 9.98. The van der Waals surface area contributed by atoms with E-state index in [2.05, 4.69) is 25.3 Å². The van der Waals surface area contributed by atoms with Crippen LogP contribution >= 0.6 is 0 Å². The van der Waals surface area contributed by atoms with E-state index in [4.69, 9.17) is 0 Å². The number of piperidine rings is 1. The highest BCUT2D eigenvalue weighted by molar-refractivity contribution is 5.95. The third kappa shape index (κ3) is 3.75. The highest BCUT2D eigenvalue weighted by Crippen LogP contribution is 2.28. The van der Waals surface area contributed by atoms with E-state index in [1.165, 1.54) is 29.6 Å². The number of carbonyl (C=O) groups excluding carboxylic acids is 1. The number of carbonyl (C=O) groups is 1. The van der Waals surface area contributed by atoms with Gasteiger partial charge in [0.05, 0.1) is 30.2 Å². The topological polar surface area (TPSA) is 115 Å². The van der Waals surface area contributed by atoms with E-state index in [0.717, 1.165) is 18.4 Å². The Morgan fingerprint density at radius 3 is 2.52 bits per heavy atom. The summed E-state index contributed by atoms with van der Waals surface area (Å²) >= 11 is 0. The number of nitrogens with zero attached hydrogens (tertiary/aromatic N) is 8. The maximum atomic E-state index is 13.4. The largest absolute Gasteiger partial charge is 0.386 e. The van der Waals surface area contributed by atoms with Crippen LogP contribution in [-0.4, -0.2) is 63.2 Å². The summed E-state index contributed by atoms with van der Waals surface area (Å²) in [6.07, 6.45) is 11.3. The van der Waals surface area contributed by atoms with Gasteiger partial charge in [-0.3, -0.25) is 9.48 Å². The molecule has 29 heavy (non-hydrogen) atoms. The quantitative estimate of drug-likeness (QED) is 0.708. The molecular weight excluding hydrogens is 372 g/mol. The Morgan fingerprint density at radius 1 is 1.10 bits per heavy atom. The lowest BCUT2D eigenvalue weighted by molar-refractivity contribution is 0.0550. The lowest BCUT2D eigenvalue weighted by Gasteiger charge is -2.38. The Kier molecular flexibility index (Phi) is 4.87. The molecule has 4 heterocycles. The monoisotopic (exact) mass is 396 g/mol. The van der Waals surface area contributed by atoms with Gasteiger partial charge < -0.3 is 10.0 Å². The Hall–Kier alpha value is -3.14. The Labute approximate surface area is 168 Å². The summed E-state index contributed by atoms with van der Waals surface area (Å²) in [5, 5.41) is 22.8.